The molecule has 3 rings (SSSR count). The molecule has 0 aliphatic heterocycles. The quantitative estimate of drug-likeness (QED) is 0.679. The van der Waals surface area contributed by atoms with Crippen molar-refractivity contribution in [3.8, 4) is 0 Å². The Hall–Kier alpha value is -2.38. The lowest BCUT2D eigenvalue weighted by atomic mass is 10.1. The maximum absolute atomic E-state index is 3.52. The van der Waals surface area contributed by atoms with Crippen LogP contribution in [0.5, 0.6) is 0 Å². The van der Waals surface area contributed by atoms with Gasteiger partial charge in [0, 0.05) is 12.6 Å². The summed E-state index contributed by atoms with van der Waals surface area (Å²) in [4.78, 5) is 0. The van der Waals surface area contributed by atoms with Crippen LogP contribution >= 0.6 is 0 Å². The molecule has 0 radical (unpaired) electrons. The van der Waals surface area contributed by atoms with E-state index in [0.717, 1.165) is 6.54 Å². The molecule has 1 atom stereocenters. The van der Waals surface area contributed by atoms with Gasteiger partial charge < -0.3 is 5.32 Å². The molecule has 1 N–H and O–H groups in total. The summed E-state index contributed by atoms with van der Waals surface area (Å²) in [6.07, 6.45) is 4.36. The van der Waals surface area contributed by atoms with E-state index in [4.69, 9.17) is 0 Å². The van der Waals surface area contributed by atoms with E-state index in [9.17, 15) is 0 Å². The Morgan fingerprint density at radius 1 is 0.864 bits per heavy atom. The van der Waals surface area contributed by atoms with Gasteiger partial charge in [-0.25, -0.2) is 0 Å². The molecule has 0 aromatic heterocycles. The minimum atomic E-state index is 0.363. The van der Waals surface area contributed by atoms with Crippen molar-refractivity contribution in [2.75, 3.05) is 6.54 Å². The maximum Gasteiger partial charge on any atom is 0.0294 e. The minimum absolute atomic E-state index is 0.363. The molecule has 0 fully saturated rings. The fourth-order valence-electron chi connectivity index (χ4n) is 2.61. The Morgan fingerprint density at radius 3 is 2.41 bits per heavy atom. The van der Waals surface area contributed by atoms with Crippen molar-refractivity contribution >= 4 is 16.8 Å². The van der Waals surface area contributed by atoms with Gasteiger partial charge in [0.1, 0.15) is 0 Å². The van der Waals surface area contributed by atoms with E-state index in [2.05, 4.69) is 97.2 Å². The molecule has 0 bridgehead atoms. The Balaban J connectivity index is 1.59. The minimum Gasteiger partial charge on any atom is -0.307 e. The van der Waals surface area contributed by atoms with Crippen molar-refractivity contribution in [2.24, 2.45) is 0 Å². The van der Waals surface area contributed by atoms with E-state index in [-0.39, 0.29) is 0 Å². The number of rotatable bonds is 5. The van der Waals surface area contributed by atoms with Gasteiger partial charge in [-0.1, -0.05) is 78.9 Å². The summed E-state index contributed by atoms with van der Waals surface area (Å²) in [7, 11) is 0. The molecule has 0 saturated heterocycles. The number of benzene rings is 3. The van der Waals surface area contributed by atoms with Gasteiger partial charge in [0.15, 0.2) is 0 Å². The Bertz CT molecular complexity index is 759. The first-order valence-corrected chi connectivity index (χ1v) is 7.76. The molecule has 1 unspecified atom stereocenters. The van der Waals surface area contributed by atoms with Gasteiger partial charge in [-0.2, -0.15) is 0 Å². The fourth-order valence-corrected chi connectivity index (χ4v) is 2.61. The van der Waals surface area contributed by atoms with Gasteiger partial charge in [0.2, 0.25) is 0 Å². The van der Waals surface area contributed by atoms with E-state index < -0.39 is 0 Å². The summed E-state index contributed by atoms with van der Waals surface area (Å²) in [5, 5.41) is 6.09. The zero-order valence-corrected chi connectivity index (χ0v) is 12.9. The second kappa shape index (κ2) is 7.06. The number of fused-ring (bicyclic) bond motifs is 1. The van der Waals surface area contributed by atoms with Crippen LogP contribution < -0.4 is 5.32 Å². The summed E-state index contributed by atoms with van der Waals surface area (Å²) in [5.74, 6) is 0. The first-order valence-electron chi connectivity index (χ1n) is 7.76. The molecular formula is C21H21N. The third-order valence-electron chi connectivity index (χ3n) is 3.93. The smallest absolute Gasteiger partial charge is 0.0294 e. The first kappa shape index (κ1) is 14.6. The molecule has 0 aliphatic carbocycles. The molecule has 3 aromatic rings. The van der Waals surface area contributed by atoms with Gasteiger partial charge in [-0.3, -0.25) is 0 Å². The molecule has 110 valence electrons. The van der Waals surface area contributed by atoms with E-state index in [1.165, 1.54) is 21.9 Å². The highest BCUT2D eigenvalue weighted by molar-refractivity contribution is 5.84. The van der Waals surface area contributed by atoms with Crippen LogP contribution in [0.15, 0.2) is 78.9 Å². The molecule has 22 heavy (non-hydrogen) atoms. The lowest BCUT2D eigenvalue weighted by Crippen LogP contribution is -2.18. The average molecular weight is 287 g/mol. The van der Waals surface area contributed by atoms with Gasteiger partial charge >= 0.3 is 0 Å². The highest BCUT2D eigenvalue weighted by atomic mass is 14.9. The third-order valence-corrected chi connectivity index (χ3v) is 3.93. The summed E-state index contributed by atoms with van der Waals surface area (Å²) in [6, 6.07) is 25.9. The Kier molecular flexibility index (Phi) is 4.67. The molecule has 0 saturated carbocycles. The summed E-state index contributed by atoms with van der Waals surface area (Å²) in [5.41, 5.74) is 2.56. The highest BCUT2D eigenvalue weighted by Crippen LogP contribution is 2.16. The van der Waals surface area contributed by atoms with Crippen molar-refractivity contribution in [2.45, 2.75) is 13.0 Å². The van der Waals surface area contributed by atoms with Crippen LogP contribution in [0.4, 0.5) is 0 Å². The van der Waals surface area contributed by atoms with E-state index >= 15 is 0 Å². The molecule has 0 aliphatic rings. The van der Waals surface area contributed by atoms with Gasteiger partial charge in [0.05, 0.1) is 0 Å². The average Bonchev–Trinajstić information content (AvgIpc) is 2.59. The van der Waals surface area contributed by atoms with Gasteiger partial charge in [-0.15, -0.1) is 0 Å². The molecule has 0 amide bonds. The molecule has 1 heteroatoms. The van der Waals surface area contributed by atoms with Crippen molar-refractivity contribution in [3.05, 3.63) is 90.0 Å². The maximum atomic E-state index is 3.52. The SMILES string of the molecule is CC(NC/C=C/c1ccc2ccccc2c1)c1ccccc1. The van der Waals surface area contributed by atoms with Crippen molar-refractivity contribution < 1.29 is 0 Å². The van der Waals surface area contributed by atoms with Crippen LogP contribution in [0.25, 0.3) is 16.8 Å². The number of nitrogens with one attached hydrogen (secondary N) is 1. The third kappa shape index (κ3) is 3.63. The van der Waals surface area contributed by atoms with Crippen LogP contribution in [0.3, 0.4) is 0 Å². The Morgan fingerprint density at radius 2 is 1.59 bits per heavy atom. The van der Waals surface area contributed by atoms with E-state index in [1.54, 1.807) is 0 Å². The van der Waals surface area contributed by atoms with Crippen LogP contribution in [-0.4, -0.2) is 6.54 Å². The van der Waals surface area contributed by atoms with Crippen LogP contribution in [0.1, 0.15) is 24.1 Å². The standard InChI is InChI=1S/C21H21N/c1-17(19-9-3-2-4-10-19)22-15-7-8-18-13-14-20-11-5-6-12-21(20)16-18/h2-14,16-17,22H,15H2,1H3/b8-7+. The molecule has 0 heterocycles. The van der Waals surface area contributed by atoms with Gasteiger partial charge in [0.25, 0.3) is 0 Å². The number of hydrogen-bond donors (Lipinski definition) is 1. The van der Waals surface area contributed by atoms with Crippen LogP contribution in [0.2, 0.25) is 0 Å². The fraction of sp³-hybridized carbons (Fsp3) is 0.143. The zero-order chi connectivity index (χ0) is 15.2. The summed E-state index contributed by atoms with van der Waals surface area (Å²) >= 11 is 0. The first-order chi connectivity index (χ1) is 10.8. The predicted molar refractivity (Wildman–Crippen MR) is 95.8 cm³/mol. The normalized spacial score (nSPS) is 12.8. The van der Waals surface area contributed by atoms with Crippen molar-refractivity contribution in [3.63, 3.8) is 0 Å². The molecule has 3 aromatic carbocycles. The van der Waals surface area contributed by atoms with Gasteiger partial charge in [-0.05, 0) is 34.9 Å². The van der Waals surface area contributed by atoms with Crippen LogP contribution in [0, 0.1) is 0 Å². The topological polar surface area (TPSA) is 12.0 Å². The summed E-state index contributed by atoms with van der Waals surface area (Å²) < 4.78 is 0. The lowest BCUT2D eigenvalue weighted by Gasteiger charge is -2.12. The Labute approximate surface area is 132 Å². The molecular weight excluding hydrogens is 266 g/mol. The van der Waals surface area contributed by atoms with Crippen molar-refractivity contribution in [1.82, 2.24) is 5.32 Å². The second-order valence-corrected chi connectivity index (χ2v) is 5.55. The lowest BCUT2D eigenvalue weighted by molar-refractivity contribution is 0.618. The largest absolute Gasteiger partial charge is 0.307 e. The van der Waals surface area contributed by atoms with Crippen LogP contribution in [-0.2, 0) is 0 Å². The zero-order valence-electron chi connectivity index (χ0n) is 12.9. The van der Waals surface area contributed by atoms with E-state index in [1.807, 2.05) is 0 Å². The predicted octanol–water partition coefficient (Wildman–Crippen LogP) is 5.20. The van der Waals surface area contributed by atoms with Crippen molar-refractivity contribution in [1.29, 1.82) is 0 Å². The second-order valence-electron chi connectivity index (χ2n) is 5.55. The number of hydrogen-bond acceptors (Lipinski definition) is 1. The van der Waals surface area contributed by atoms with E-state index in [0.29, 0.717) is 6.04 Å². The highest BCUT2D eigenvalue weighted by Gasteiger charge is 2.01. The monoisotopic (exact) mass is 287 g/mol. The molecule has 1 nitrogen and oxygen atoms in total. The summed E-state index contributed by atoms with van der Waals surface area (Å²) in [6.45, 7) is 3.06. The molecule has 0 spiro atoms.